The predicted octanol–water partition coefficient (Wildman–Crippen LogP) is 7.80. The van der Waals surface area contributed by atoms with Crippen molar-refractivity contribution in [3.63, 3.8) is 0 Å². The van der Waals surface area contributed by atoms with Crippen LogP contribution in [0, 0.1) is 0 Å². The fraction of sp³-hybridized carbons (Fsp3) is 0.103. The van der Waals surface area contributed by atoms with Crippen LogP contribution in [0.3, 0.4) is 0 Å². The van der Waals surface area contributed by atoms with E-state index in [1.165, 1.54) is 27.8 Å². The molecule has 31 heavy (non-hydrogen) atoms. The van der Waals surface area contributed by atoms with Crippen molar-refractivity contribution >= 4 is 17.2 Å². The van der Waals surface area contributed by atoms with Gasteiger partial charge in [-0.05, 0) is 64.9 Å². The average Bonchev–Trinajstić information content (AvgIpc) is 2.84. The van der Waals surface area contributed by atoms with Crippen molar-refractivity contribution in [3.05, 3.63) is 137 Å². The van der Waals surface area contributed by atoms with Gasteiger partial charge in [-0.1, -0.05) is 109 Å². The Kier molecular flexibility index (Phi) is 8.66. The Bertz CT molecular complexity index is 1100. The maximum atomic E-state index is 6.10. The summed E-state index contributed by atoms with van der Waals surface area (Å²) in [5.41, 5.74) is 12.7. The quantitative estimate of drug-likeness (QED) is 0.346. The highest BCUT2D eigenvalue weighted by molar-refractivity contribution is 6.30. The fourth-order valence-corrected chi connectivity index (χ4v) is 3.42. The number of hydrogen-bond donors (Lipinski definition) is 1. The fourth-order valence-electron chi connectivity index (χ4n) is 3.23. The Labute approximate surface area is 190 Å². The van der Waals surface area contributed by atoms with Gasteiger partial charge in [-0.2, -0.15) is 0 Å². The number of nitrogens with two attached hydrogens (primary N) is 1. The highest BCUT2D eigenvalue weighted by atomic mass is 35.5. The summed E-state index contributed by atoms with van der Waals surface area (Å²) < 4.78 is 0. The van der Waals surface area contributed by atoms with Gasteiger partial charge in [0.15, 0.2) is 0 Å². The van der Waals surface area contributed by atoms with Gasteiger partial charge in [-0.25, -0.2) is 0 Å². The van der Waals surface area contributed by atoms with Crippen LogP contribution in [-0.2, 0) is 13.0 Å². The van der Waals surface area contributed by atoms with Gasteiger partial charge >= 0.3 is 0 Å². The SMILES string of the molecule is C/C(=C\Cc1ccccc1)c1cccc(-c2cccc(Cl)c2)c1.NCc1ccccc1. The summed E-state index contributed by atoms with van der Waals surface area (Å²) in [5.74, 6) is 0. The third kappa shape index (κ3) is 7.25. The topological polar surface area (TPSA) is 26.0 Å². The van der Waals surface area contributed by atoms with Gasteiger partial charge in [-0.3, -0.25) is 0 Å². The smallest absolute Gasteiger partial charge is 0.0412 e. The van der Waals surface area contributed by atoms with Crippen LogP contribution >= 0.6 is 11.6 Å². The van der Waals surface area contributed by atoms with E-state index >= 15 is 0 Å². The molecule has 1 nitrogen and oxygen atoms in total. The van der Waals surface area contributed by atoms with Crippen molar-refractivity contribution in [3.8, 4) is 11.1 Å². The summed E-state index contributed by atoms with van der Waals surface area (Å²) in [6.07, 6.45) is 3.24. The zero-order valence-electron chi connectivity index (χ0n) is 17.8. The second kappa shape index (κ2) is 11.9. The number of halogens is 1. The summed E-state index contributed by atoms with van der Waals surface area (Å²) in [5, 5.41) is 0.768. The summed E-state index contributed by atoms with van der Waals surface area (Å²) in [6, 6.07) is 37.1. The molecule has 0 saturated heterocycles. The van der Waals surface area contributed by atoms with Gasteiger partial charge in [0.1, 0.15) is 0 Å². The van der Waals surface area contributed by atoms with Crippen molar-refractivity contribution in [2.75, 3.05) is 0 Å². The van der Waals surface area contributed by atoms with Gasteiger partial charge in [0, 0.05) is 11.6 Å². The van der Waals surface area contributed by atoms with Gasteiger partial charge in [0.05, 0.1) is 0 Å². The molecule has 0 fully saturated rings. The molecule has 0 radical (unpaired) electrons. The summed E-state index contributed by atoms with van der Waals surface area (Å²) in [7, 11) is 0. The molecule has 0 aromatic heterocycles. The molecule has 4 aromatic rings. The second-order valence-electron chi connectivity index (χ2n) is 7.36. The largest absolute Gasteiger partial charge is 0.326 e. The average molecular weight is 426 g/mol. The van der Waals surface area contributed by atoms with E-state index in [4.69, 9.17) is 17.3 Å². The van der Waals surface area contributed by atoms with Crippen molar-refractivity contribution in [1.29, 1.82) is 0 Å². The lowest BCUT2D eigenvalue weighted by molar-refractivity contribution is 1.07. The first-order valence-corrected chi connectivity index (χ1v) is 10.8. The lowest BCUT2D eigenvalue weighted by atomic mass is 9.98. The Morgan fingerprint density at radius 2 is 1.29 bits per heavy atom. The van der Waals surface area contributed by atoms with E-state index in [9.17, 15) is 0 Å². The Hall–Kier alpha value is -3.13. The van der Waals surface area contributed by atoms with Gasteiger partial charge in [0.25, 0.3) is 0 Å². The van der Waals surface area contributed by atoms with Crippen molar-refractivity contribution < 1.29 is 0 Å². The first kappa shape index (κ1) is 22.6. The van der Waals surface area contributed by atoms with Crippen LogP contribution < -0.4 is 5.73 Å². The molecule has 2 heteroatoms. The van der Waals surface area contributed by atoms with E-state index in [1.807, 2.05) is 48.5 Å². The van der Waals surface area contributed by atoms with E-state index in [-0.39, 0.29) is 0 Å². The third-order valence-corrected chi connectivity index (χ3v) is 5.28. The molecule has 0 bridgehead atoms. The molecule has 0 atom stereocenters. The molecule has 0 unspecified atom stereocenters. The standard InChI is InChI=1S/C22H19Cl.C7H9N/c1-17(13-14-18-7-3-2-4-8-18)19-9-5-10-20(15-19)21-11-6-12-22(23)16-21;8-6-7-4-2-1-3-5-7/h2-13,15-16H,14H2,1H3;1-5H,6,8H2/b17-13+;. The minimum atomic E-state index is 0.640. The first-order chi connectivity index (χ1) is 15.2. The van der Waals surface area contributed by atoms with Crippen molar-refractivity contribution in [1.82, 2.24) is 0 Å². The van der Waals surface area contributed by atoms with Gasteiger partial charge in [0.2, 0.25) is 0 Å². The van der Waals surface area contributed by atoms with Gasteiger partial charge < -0.3 is 5.73 Å². The zero-order chi connectivity index (χ0) is 21.9. The molecule has 4 rings (SSSR count). The van der Waals surface area contributed by atoms with Crippen molar-refractivity contribution in [2.24, 2.45) is 5.73 Å². The lowest BCUT2D eigenvalue weighted by Gasteiger charge is -2.07. The summed E-state index contributed by atoms with van der Waals surface area (Å²) in [6.45, 7) is 2.81. The van der Waals surface area contributed by atoms with Crippen LogP contribution in [0.15, 0.2) is 115 Å². The van der Waals surface area contributed by atoms with Crippen LogP contribution in [0.25, 0.3) is 16.7 Å². The number of rotatable bonds is 5. The maximum Gasteiger partial charge on any atom is 0.0412 e. The molecule has 0 heterocycles. The summed E-state index contributed by atoms with van der Waals surface area (Å²) >= 11 is 6.10. The van der Waals surface area contributed by atoms with Crippen LogP contribution in [0.1, 0.15) is 23.6 Å². The molecule has 156 valence electrons. The van der Waals surface area contributed by atoms with Crippen LogP contribution in [-0.4, -0.2) is 0 Å². The highest BCUT2D eigenvalue weighted by Gasteiger charge is 2.02. The minimum Gasteiger partial charge on any atom is -0.326 e. The molecule has 0 aliphatic heterocycles. The molecule has 0 spiro atoms. The Balaban J connectivity index is 0.000000287. The first-order valence-electron chi connectivity index (χ1n) is 10.5. The second-order valence-corrected chi connectivity index (χ2v) is 7.79. The molecule has 0 aliphatic carbocycles. The van der Waals surface area contributed by atoms with E-state index < -0.39 is 0 Å². The monoisotopic (exact) mass is 425 g/mol. The van der Waals surface area contributed by atoms with E-state index in [0.717, 1.165) is 17.0 Å². The molecular formula is C29H28ClN. The molecule has 4 aromatic carbocycles. The maximum absolute atomic E-state index is 6.10. The normalized spacial score (nSPS) is 10.9. The number of hydrogen-bond acceptors (Lipinski definition) is 1. The third-order valence-electron chi connectivity index (χ3n) is 5.04. The summed E-state index contributed by atoms with van der Waals surface area (Å²) in [4.78, 5) is 0. The van der Waals surface area contributed by atoms with Crippen LogP contribution in [0.2, 0.25) is 5.02 Å². The minimum absolute atomic E-state index is 0.640. The van der Waals surface area contributed by atoms with Crippen LogP contribution in [0.4, 0.5) is 0 Å². The lowest BCUT2D eigenvalue weighted by Crippen LogP contribution is -1.94. The molecule has 2 N–H and O–H groups in total. The Morgan fingerprint density at radius 1 is 0.710 bits per heavy atom. The molecule has 0 saturated carbocycles. The van der Waals surface area contributed by atoms with E-state index in [0.29, 0.717) is 6.54 Å². The Morgan fingerprint density at radius 3 is 1.87 bits per heavy atom. The van der Waals surface area contributed by atoms with E-state index in [1.54, 1.807) is 0 Å². The zero-order valence-corrected chi connectivity index (χ0v) is 18.6. The number of allylic oxidation sites excluding steroid dienone is 2. The molecular weight excluding hydrogens is 398 g/mol. The highest BCUT2D eigenvalue weighted by Crippen LogP contribution is 2.26. The van der Waals surface area contributed by atoms with E-state index in [2.05, 4.69) is 73.7 Å². The van der Waals surface area contributed by atoms with Gasteiger partial charge in [-0.15, -0.1) is 0 Å². The molecule has 0 amide bonds. The molecule has 0 aliphatic rings. The number of benzene rings is 4. The predicted molar refractivity (Wildman–Crippen MR) is 135 cm³/mol. The van der Waals surface area contributed by atoms with Crippen LogP contribution in [0.5, 0.6) is 0 Å². The van der Waals surface area contributed by atoms with Crippen molar-refractivity contribution in [2.45, 2.75) is 19.9 Å².